The van der Waals surface area contributed by atoms with Gasteiger partial charge in [-0.3, -0.25) is 0 Å². The molecule has 0 aromatic heterocycles. The van der Waals surface area contributed by atoms with Gasteiger partial charge in [-0.25, -0.2) is 0 Å². The van der Waals surface area contributed by atoms with E-state index in [2.05, 4.69) is 45.5 Å². The van der Waals surface area contributed by atoms with Crippen LogP contribution in [0.2, 0.25) is 0 Å². The maximum absolute atomic E-state index is 9.52. The van der Waals surface area contributed by atoms with Crippen molar-refractivity contribution < 1.29 is 5.11 Å². The van der Waals surface area contributed by atoms with Crippen LogP contribution in [-0.4, -0.2) is 10.9 Å². The fraction of sp³-hybridized carbons (Fsp3) is 0.250. The van der Waals surface area contributed by atoms with Gasteiger partial charge in [0.05, 0.1) is 4.47 Å². The van der Waals surface area contributed by atoms with E-state index >= 15 is 0 Å². The topological polar surface area (TPSA) is 32.3 Å². The highest BCUT2D eigenvalue weighted by atomic mass is 79.9. The van der Waals surface area contributed by atoms with Crippen LogP contribution in [0, 0.1) is 0 Å². The van der Waals surface area contributed by atoms with Gasteiger partial charge in [-0.2, -0.15) is 0 Å². The molecule has 4 heteroatoms. The monoisotopic (exact) mass is 349 g/mol. The van der Waals surface area contributed by atoms with Gasteiger partial charge in [0.1, 0.15) is 5.75 Å². The number of phenolic OH excluding ortho intramolecular Hbond substituents is 1. The number of hydrogen-bond acceptors (Lipinski definition) is 3. The summed E-state index contributed by atoms with van der Waals surface area (Å²) in [6, 6.07) is 14.7. The molecule has 0 amide bonds. The average molecular weight is 350 g/mol. The highest BCUT2D eigenvalue weighted by molar-refractivity contribution is 9.10. The van der Waals surface area contributed by atoms with Gasteiger partial charge in [-0.05, 0) is 57.4 Å². The maximum atomic E-state index is 9.52. The first-order valence-corrected chi connectivity index (χ1v) is 8.44. The first-order chi connectivity index (χ1) is 9.74. The van der Waals surface area contributed by atoms with Crippen LogP contribution in [0.15, 0.2) is 51.8 Å². The molecule has 0 aliphatic carbocycles. The summed E-state index contributed by atoms with van der Waals surface area (Å²) in [4.78, 5) is 1.39. The van der Waals surface area contributed by atoms with Crippen LogP contribution in [0.3, 0.4) is 0 Å². The zero-order valence-electron chi connectivity index (χ0n) is 11.0. The van der Waals surface area contributed by atoms with Crippen molar-refractivity contribution in [3.05, 3.63) is 58.1 Å². The second kappa shape index (κ2) is 6.20. The Balaban J connectivity index is 1.71. The van der Waals surface area contributed by atoms with Gasteiger partial charge >= 0.3 is 0 Å². The molecule has 0 bridgehead atoms. The summed E-state index contributed by atoms with van der Waals surface area (Å²) in [6.45, 7) is 0.808. The molecule has 0 fully saturated rings. The van der Waals surface area contributed by atoms with E-state index in [0.29, 0.717) is 6.04 Å². The summed E-state index contributed by atoms with van der Waals surface area (Å²) in [5.41, 5.74) is 2.58. The van der Waals surface area contributed by atoms with Crippen LogP contribution in [0.5, 0.6) is 5.75 Å². The largest absolute Gasteiger partial charge is 0.507 e. The molecule has 20 heavy (non-hydrogen) atoms. The van der Waals surface area contributed by atoms with Crippen molar-refractivity contribution in [3.63, 3.8) is 0 Å². The van der Waals surface area contributed by atoms with E-state index in [4.69, 9.17) is 0 Å². The molecule has 104 valence electrons. The number of phenols is 1. The highest BCUT2D eigenvalue weighted by Crippen LogP contribution is 2.36. The van der Waals surface area contributed by atoms with Crippen LogP contribution in [0.4, 0.5) is 0 Å². The molecule has 1 unspecified atom stereocenters. The lowest BCUT2D eigenvalue weighted by molar-refractivity contribution is 0.470. The van der Waals surface area contributed by atoms with Crippen LogP contribution in [-0.2, 0) is 6.54 Å². The first-order valence-electron chi connectivity index (χ1n) is 6.66. The number of rotatable bonds is 3. The van der Waals surface area contributed by atoms with Crippen LogP contribution < -0.4 is 5.32 Å². The first kappa shape index (κ1) is 14.0. The number of thioether (sulfide) groups is 1. The third kappa shape index (κ3) is 3.03. The Hall–Kier alpha value is -0.970. The Morgan fingerprint density at radius 1 is 1.25 bits per heavy atom. The molecule has 0 saturated carbocycles. The van der Waals surface area contributed by atoms with Gasteiger partial charge in [0.25, 0.3) is 0 Å². The summed E-state index contributed by atoms with van der Waals surface area (Å²) in [5.74, 6) is 1.45. The number of fused-ring (bicyclic) bond motifs is 1. The lowest BCUT2D eigenvalue weighted by atomic mass is 10.0. The number of halogens is 1. The zero-order chi connectivity index (χ0) is 13.9. The van der Waals surface area contributed by atoms with Gasteiger partial charge in [0.2, 0.25) is 0 Å². The van der Waals surface area contributed by atoms with Gasteiger partial charge < -0.3 is 10.4 Å². The van der Waals surface area contributed by atoms with Crippen molar-refractivity contribution in [2.45, 2.75) is 23.9 Å². The van der Waals surface area contributed by atoms with Gasteiger partial charge in [0.15, 0.2) is 0 Å². The maximum Gasteiger partial charge on any atom is 0.129 e. The van der Waals surface area contributed by atoms with E-state index in [1.807, 2.05) is 23.9 Å². The normalized spacial score (nSPS) is 17.8. The molecule has 2 aromatic carbocycles. The van der Waals surface area contributed by atoms with E-state index in [9.17, 15) is 5.11 Å². The second-order valence-electron chi connectivity index (χ2n) is 4.89. The number of hydrogen-bond donors (Lipinski definition) is 2. The third-order valence-electron chi connectivity index (χ3n) is 3.52. The number of nitrogens with one attached hydrogen (secondary N) is 1. The molecule has 3 rings (SSSR count). The fourth-order valence-corrected chi connectivity index (χ4v) is 4.01. The van der Waals surface area contributed by atoms with E-state index < -0.39 is 0 Å². The minimum absolute atomic E-state index is 0.285. The van der Waals surface area contributed by atoms with Gasteiger partial charge in [-0.1, -0.05) is 24.3 Å². The molecule has 2 nitrogen and oxygen atoms in total. The van der Waals surface area contributed by atoms with Crippen LogP contribution in [0.25, 0.3) is 0 Å². The van der Waals surface area contributed by atoms with Crippen molar-refractivity contribution in [1.29, 1.82) is 0 Å². The minimum Gasteiger partial charge on any atom is -0.507 e. The lowest BCUT2D eigenvalue weighted by Crippen LogP contribution is -2.24. The van der Waals surface area contributed by atoms with Crippen molar-refractivity contribution in [3.8, 4) is 5.75 Å². The number of aromatic hydroxyl groups is 1. The molecular formula is C16H16BrNOS. The Morgan fingerprint density at radius 2 is 2.10 bits per heavy atom. The molecule has 0 spiro atoms. The molecular weight excluding hydrogens is 334 g/mol. The predicted molar refractivity (Wildman–Crippen MR) is 87.2 cm³/mol. The molecule has 0 saturated heterocycles. The average Bonchev–Trinajstić information content (AvgIpc) is 2.48. The smallest absolute Gasteiger partial charge is 0.129 e. The fourth-order valence-electron chi connectivity index (χ4n) is 2.46. The summed E-state index contributed by atoms with van der Waals surface area (Å²) in [5, 5.41) is 13.1. The Kier molecular flexibility index (Phi) is 4.34. The summed E-state index contributed by atoms with van der Waals surface area (Å²) in [7, 11) is 0. The van der Waals surface area contributed by atoms with Gasteiger partial charge in [0, 0.05) is 17.5 Å². The minimum atomic E-state index is 0.285. The van der Waals surface area contributed by atoms with Crippen molar-refractivity contribution >= 4 is 27.7 Å². The lowest BCUT2D eigenvalue weighted by Gasteiger charge is -2.26. The van der Waals surface area contributed by atoms with E-state index in [1.54, 1.807) is 6.07 Å². The molecule has 1 aliphatic rings. The van der Waals surface area contributed by atoms with Crippen molar-refractivity contribution in [2.75, 3.05) is 5.75 Å². The van der Waals surface area contributed by atoms with E-state index in [-0.39, 0.29) is 5.75 Å². The van der Waals surface area contributed by atoms with Crippen molar-refractivity contribution in [2.24, 2.45) is 0 Å². The SMILES string of the molecule is Oc1ccc(CNC2CCSc3ccccc32)cc1Br. The molecule has 1 heterocycles. The molecule has 2 aromatic rings. The van der Waals surface area contributed by atoms with Gasteiger partial charge in [-0.15, -0.1) is 11.8 Å². The summed E-state index contributed by atoms with van der Waals surface area (Å²) < 4.78 is 0.747. The zero-order valence-corrected chi connectivity index (χ0v) is 13.4. The van der Waals surface area contributed by atoms with Crippen molar-refractivity contribution in [1.82, 2.24) is 5.32 Å². The van der Waals surface area contributed by atoms with E-state index in [0.717, 1.165) is 23.2 Å². The number of benzene rings is 2. The van der Waals surface area contributed by atoms with Crippen LogP contribution >= 0.6 is 27.7 Å². The molecule has 2 N–H and O–H groups in total. The molecule has 0 radical (unpaired) electrons. The molecule has 1 aliphatic heterocycles. The standard InChI is InChI=1S/C16H16BrNOS/c17-13-9-11(5-6-15(13)19)10-18-14-7-8-20-16-4-2-1-3-12(14)16/h1-6,9,14,18-19H,7-8,10H2. The van der Waals surface area contributed by atoms with Crippen LogP contribution in [0.1, 0.15) is 23.6 Å². The Morgan fingerprint density at radius 3 is 2.95 bits per heavy atom. The predicted octanol–water partition coefficient (Wildman–Crippen LogP) is 4.48. The summed E-state index contributed by atoms with van der Waals surface area (Å²) >= 11 is 5.29. The second-order valence-corrected chi connectivity index (χ2v) is 6.89. The quantitative estimate of drug-likeness (QED) is 0.856. The Bertz CT molecular complexity index is 617. The Labute approximate surface area is 131 Å². The third-order valence-corrected chi connectivity index (χ3v) is 5.28. The molecule has 1 atom stereocenters. The summed E-state index contributed by atoms with van der Waals surface area (Å²) in [6.07, 6.45) is 1.15. The highest BCUT2D eigenvalue weighted by Gasteiger charge is 2.19. The van der Waals surface area contributed by atoms with E-state index in [1.165, 1.54) is 16.0 Å².